The van der Waals surface area contributed by atoms with Crippen molar-refractivity contribution in [1.82, 2.24) is 19.9 Å². The van der Waals surface area contributed by atoms with E-state index in [9.17, 15) is 9.50 Å². The molecule has 2 saturated heterocycles. The third-order valence-electron chi connectivity index (χ3n) is 4.38. The minimum absolute atomic E-state index is 0.264. The first-order valence-electron chi connectivity index (χ1n) is 7.48. The molecule has 122 valence electrons. The van der Waals surface area contributed by atoms with Crippen LogP contribution in [-0.4, -0.2) is 50.8 Å². The molecule has 4 rings (SSSR count). The van der Waals surface area contributed by atoms with Crippen molar-refractivity contribution in [3.05, 3.63) is 48.6 Å². The summed E-state index contributed by atoms with van der Waals surface area (Å²) in [6, 6.07) is 0.851. The van der Waals surface area contributed by atoms with Gasteiger partial charge in [0.05, 0.1) is 31.3 Å². The van der Waals surface area contributed by atoms with Gasteiger partial charge in [0, 0.05) is 30.7 Å². The molecule has 2 N–H and O–H groups in total. The van der Waals surface area contributed by atoms with Gasteiger partial charge >= 0.3 is 0 Å². The molecule has 0 aliphatic carbocycles. The van der Waals surface area contributed by atoms with Gasteiger partial charge in [0.2, 0.25) is 0 Å². The molecular formula is C15H17FN4O3. The number of nitrogens with one attached hydrogen (secondary N) is 1. The zero-order chi connectivity index (χ0) is 15.8. The Bertz CT molecular complexity index is 669. The number of fused-ring (bicyclic) bond motifs is 2. The summed E-state index contributed by atoms with van der Waals surface area (Å²) in [4.78, 5) is 7.74. The standard InChI is InChI=1S/C15H17FN4O3/c16-10-6-17-2-1-9(10)5-19-12-11-7-22-15(23-11)13(14(12)21)20-4-3-18-8-20/h1-4,6,8,11-15,19,21H,5,7H2. The Morgan fingerprint density at radius 2 is 2.30 bits per heavy atom. The van der Waals surface area contributed by atoms with E-state index < -0.39 is 18.4 Å². The van der Waals surface area contributed by atoms with E-state index in [-0.39, 0.29) is 24.5 Å². The second-order valence-electron chi connectivity index (χ2n) is 5.74. The molecule has 2 aliphatic heterocycles. The fourth-order valence-corrected chi connectivity index (χ4v) is 3.19. The maximum atomic E-state index is 13.7. The van der Waals surface area contributed by atoms with Crippen LogP contribution in [0.4, 0.5) is 4.39 Å². The number of halogens is 1. The van der Waals surface area contributed by atoms with Crippen molar-refractivity contribution in [1.29, 1.82) is 0 Å². The van der Waals surface area contributed by atoms with Crippen LogP contribution < -0.4 is 5.32 Å². The van der Waals surface area contributed by atoms with Gasteiger partial charge in [0.25, 0.3) is 0 Å². The van der Waals surface area contributed by atoms with Crippen LogP contribution in [-0.2, 0) is 16.0 Å². The summed E-state index contributed by atoms with van der Waals surface area (Å²) in [6.45, 7) is 0.667. The van der Waals surface area contributed by atoms with E-state index in [4.69, 9.17) is 9.47 Å². The van der Waals surface area contributed by atoms with E-state index in [1.165, 1.54) is 12.4 Å². The third kappa shape index (κ3) is 2.63. The van der Waals surface area contributed by atoms with Crippen molar-refractivity contribution >= 4 is 0 Å². The van der Waals surface area contributed by atoms with E-state index in [0.29, 0.717) is 12.2 Å². The Balaban J connectivity index is 1.52. The van der Waals surface area contributed by atoms with Gasteiger partial charge in [0.1, 0.15) is 18.0 Å². The van der Waals surface area contributed by atoms with Crippen LogP contribution in [0.25, 0.3) is 0 Å². The van der Waals surface area contributed by atoms with E-state index in [0.717, 1.165) is 0 Å². The van der Waals surface area contributed by atoms with Crippen LogP contribution in [0.3, 0.4) is 0 Å². The van der Waals surface area contributed by atoms with Gasteiger partial charge in [-0.2, -0.15) is 0 Å². The lowest BCUT2D eigenvalue weighted by Crippen LogP contribution is -2.57. The molecule has 2 aliphatic rings. The highest BCUT2D eigenvalue weighted by Crippen LogP contribution is 2.35. The number of imidazole rings is 1. The van der Waals surface area contributed by atoms with E-state index in [1.807, 2.05) is 0 Å². The summed E-state index contributed by atoms with van der Waals surface area (Å²) in [5.41, 5.74) is 0.493. The highest BCUT2D eigenvalue weighted by molar-refractivity contribution is 5.13. The van der Waals surface area contributed by atoms with E-state index >= 15 is 0 Å². The molecule has 2 aromatic rings. The lowest BCUT2D eigenvalue weighted by Gasteiger charge is -2.39. The van der Waals surface area contributed by atoms with E-state index in [1.54, 1.807) is 29.4 Å². The Labute approximate surface area is 132 Å². The lowest BCUT2D eigenvalue weighted by atomic mass is 9.95. The molecule has 2 fully saturated rings. The molecule has 23 heavy (non-hydrogen) atoms. The van der Waals surface area contributed by atoms with Crippen molar-refractivity contribution in [3.8, 4) is 0 Å². The SMILES string of the molecule is OC1C(NCc2ccncc2F)C2COC(O2)C1n1ccnc1. The minimum atomic E-state index is -0.736. The normalized spacial score (nSPS) is 33.0. The number of hydrogen-bond acceptors (Lipinski definition) is 6. The molecule has 0 amide bonds. The Morgan fingerprint density at radius 1 is 1.39 bits per heavy atom. The predicted molar refractivity (Wildman–Crippen MR) is 76.7 cm³/mol. The minimum Gasteiger partial charge on any atom is -0.389 e. The fraction of sp³-hybridized carbons (Fsp3) is 0.467. The van der Waals surface area contributed by atoms with Crippen molar-refractivity contribution in [3.63, 3.8) is 0 Å². The van der Waals surface area contributed by atoms with Crippen LogP contribution in [0.15, 0.2) is 37.2 Å². The van der Waals surface area contributed by atoms with Crippen LogP contribution in [0, 0.1) is 5.82 Å². The summed E-state index contributed by atoms with van der Waals surface area (Å²) in [6.07, 6.45) is 6.24. The van der Waals surface area contributed by atoms with Gasteiger partial charge in [-0.05, 0) is 6.07 Å². The number of hydrogen-bond donors (Lipinski definition) is 2. The van der Waals surface area contributed by atoms with Gasteiger partial charge in [0.15, 0.2) is 6.29 Å². The second kappa shape index (κ2) is 5.97. The molecule has 0 radical (unpaired) electrons. The molecule has 2 bridgehead atoms. The number of rotatable bonds is 4. The summed E-state index contributed by atoms with van der Waals surface area (Å²) >= 11 is 0. The van der Waals surface area contributed by atoms with Crippen LogP contribution in [0.1, 0.15) is 11.6 Å². The molecule has 7 nitrogen and oxygen atoms in total. The molecule has 2 aromatic heterocycles. The monoisotopic (exact) mass is 320 g/mol. The molecule has 0 aromatic carbocycles. The maximum Gasteiger partial charge on any atom is 0.181 e. The van der Waals surface area contributed by atoms with Crippen molar-refractivity contribution < 1.29 is 19.0 Å². The first-order chi connectivity index (χ1) is 11.2. The van der Waals surface area contributed by atoms with Crippen LogP contribution in [0.2, 0.25) is 0 Å². The molecule has 5 unspecified atom stereocenters. The summed E-state index contributed by atoms with van der Waals surface area (Å²) in [7, 11) is 0. The average molecular weight is 320 g/mol. The summed E-state index contributed by atoms with van der Waals surface area (Å²) < 4.78 is 26.9. The summed E-state index contributed by atoms with van der Waals surface area (Å²) in [5.74, 6) is -0.377. The highest BCUT2D eigenvalue weighted by atomic mass is 19.1. The Kier molecular flexibility index (Phi) is 3.82. The number of pyridine rings is 1. The van der Waals surface area contributed by atoms with Gasteiger partial charge < -0.3 is 24.5 Å². The average Bonchev–Trinajstić information content (AvgIpc) is 3.21. The summed E-state index contributed by atoms with van der Waals surface area (Å²) in [5, 5.41) is 13.9. The smallest absolute Gasteiger partial charge is 0.181 e. The van der Waals surface area contributed by atoms with Crippen molar-refractivity contribution in [2.45, 2.75) is 37.1 Å². The predicted octanol–water partition coefficient (Wildman–Crippen LogP) is 0.233. The lowest BCUT2D eigenvalue weighted by molar-refractivity contribution is -0.165. The zero-order valence-corrected chi connectivity index (χ0v) is 12.2. The van der Waals surface area contributed by atoms with Crippen molar-refractivity contribution in [2.75, 3.05) is 6.61 Å². The van der Waals surface area contributed by atoms with Gasteiger partial charge in [-0.3, -0.25) is 4.98 Å². The number of ether oxygens (including phenoxy) is 2. The van der Waals surface area contributed by atoms with Crippen molar-refractivity contribution in [2.24, 2.45) is 0 Å². The van der Waals surface area contributed by atoms with E-state index in [2.05, 4.69) is 15.3 Å². The largest absolute Gasteiger partial charge is 0.389 e. The Hall–Kier alpha value is -1.87. The molecule has 0 saturated carbocycles. The topological polar surface area (TPSA) is 81.4 Å². The number of aliphatic hydroxyl groups is 1. The van der Waals surface area contributed by atoms with Gasteiger partial charge in [-0.1, -0.05) is 0 Å². The molecule has 5 atom stereocenters. The fourth-order valence-electron chi connectivity index (χ4n) is 3.19. The Morgan fingerprint density at radius 3 is 3.09 bits per heavy atom. The first-order valence-corrected chi connectivity index (χ1v) is 7.48. The van der Waals surface area contributed by atoms with Crippen LogP contribution >= 0.6 is 0 Å². The molecule has 4 heterocycles. The molecular weight excluding hydrogens is 303 g/mol. The van der Waals surface area contributed by atoms with Gasteiger partial charge in [-0.15, -0.1) is 0 Å². The van der Waals surface area contributed by atoms with Gasteiger partial charge in [-0.25, -0.2) is 9.37 Å². The second-order valence-corrected chi connectivity index (χ2v) is 5.74. The maximum absolute atomic E-state index is 13.7. The first kappa shape index (κ1) is 14.7. The number of nitrogens with zero attached hydrogens (tertiary/aromatic N) is 3. The quantitative estimate of drug-likeness (QED) is 0.839. The molecule has 8 heteroatoms. The van der Waals surface area contributed by atoms with Crippen LogP contribution in [0.5, 0.6) is 0 Å². The number of aliphatic hydroxyl groups excluding tert-OH is 1. The molecule has 0 spiro atoms. The number of aromatic nitrogens is 3. The zero-order valence-electron chi connectivity index (χ0n) is 12.2. The third-order valence-corrected chi connectivity index (χ3v) is 4.38. The highest BCUT2D eigenvalue weighted by Gasteiger charge is 2.50.